The van der Waals surface area contributed by atoms with E-state index in [4.69, 9.17) is 4.42 Å². The van der Waals surface area contributed by atoms with Crippen molar-refractivity contribution in [2.24, 2.45) is 0 Å². The number of fused-ring (bicyclic) bond motifs is 4. The molecule has 142 valence electrons. The summed E-state index contributed by atoms with van der Waals surface area (Å²) in [4.78, 5) is 13.6. The minimum Gasteiger partial charge on any atom is -0.455 e. The normalized spacial score (nSPS) is 11.5. The summed E-state index contributed by atoms with van der Waals surface area (Å²) in [6, 6.07) is 24.6. The van der Waals surface area contributed by atoms with Crippen LogP contribution in [0.25, 0.3) is 55.4 Å². The van der Waals surface area contributed by atoms with Gasteiger partial charge in [0, 0.05) is 33.5 Å². The molecular formula is C26H17N3O. The minimum atomic E-state index is 0.857. The third-order valence-corrected chi connectivity index (χ3v) is 5.47. The maximum absolute atomic E-state index is 6.26. The average Bonchev–Trinajstić information content (AvgIpc) is 3.17. The minimum absolute atomic E-state index is 0.857. The molecule has 4 nitrogen and oxygen atoms in total. The van der Waals surface area contributed by atoms with E-state index in [0.717, 1.165) is 55.4 Å². The molecule has 0 spiro atoms. The SMILES string of the molecule is Cc1cc(-c2ncnc3cc(-c4ccccn4)ccc23)c2oc3ccccc3c2c1. The molecule has 0 N–H and O–H groups in total. The van der Waals surface area contributed by atoms with Crippen molar-refractivity contribution in [3.63, 3.8) is 0 Å². The Labute approximate surface area is 172 Å². The standard InChI is InChI=1S/C26H17N3O/c1-16-12-20-18-6-2-3-8-24(18)30-26(20)21(13-16)25-19-10-9-17(14-23(19)28-15-29-25)22-7-4-5-11-27-22/h2-15H,1H3. The molecule has 0 atom stereocenters. The first-order chi connectivity index (χ1) is 14.8. The zero-order chi connectivity index (χ0) is 20.1. The summed E-state index contributed by atoms with van der Waals surface area (Å²) in [5.41, 5.74) is 7.61. The highest BCUT2D eigenvalue weighted by Crippen LogP contribution is 2.38. The second-order valence-electron chi connectivity index (χ2n) is 7.46. The first-order valence-corrected chi connectivity index (χ1v) is 9.86. The van der Waals surface area contributed by atoms with Crippen LogP contribution in [0.3, 0.4) is 0 Å². The molecule has 0 amide bonds. The largest absolute Gasteiger partial charge is 0.455 e. The van der Waals surface area contributed by atoms with Crippen LogP contribution in [0, 0.1) is 6.92 Å². The van der Waals surface area contributed by atoms with Crippen molar-refractivity contribution in [2.45, 2.75) is 6.92 Å². The summed E-state index contributed by atoms with van der Waals surface area (Å²) in [6.07, 6.45) is 3.42. The molecule has 3 aromatic carbocycles. The van der Waals surface area contributed by atoms with Gasteiger partial charge in [-0.25, -0.2) is 9.97 Å². The van der Waals surface area contributed by atoms with E-state index in [0.29, 0.717) is 0 Å². The fraction of sp³-hybridized carbons (Fsp3) is 0.0385. The van der Waals surface area contributed by atoms with Crippen LogP contribution in [0.5, 0.6) is 0 Å². The van der Waals surface area contributed by atoms with Crippen LogP contribution in [0.2, 0.25) is 0 Å². The Bertz CT molecular complexity index is 1550. The second-order valence-corrected chi connectivity index (χ2v) is 7.46. The maximum Gasteiger partial charge on any atom is 0.144 e. The summed E-state index contributed by atoms with van der Waals surface area (Å²) >= 11 is 0. The molecule has 0 bridgehead atoms. The van der Waals surface area contributed by atoms with Crippen molar-refractivity contribution in [3.05, 3.63) is 90.9 Å². The first kappa shape index (κ1) is 16.9. The summed E-state index contributed by atoms with van der Waals surface area (Å²) in [5, 5.41) is 3.22. The summed E-state index contributed by atoms with van der Waals surface area (Å²) in [7, 11) is 0. The number of hydrogen-bond acceptors (Lipinski definition) is 4. The van der Waals surface area contributed by atoms with Gasteiger partial charge in [-0.15, -0.1) is 0 Å². The number of pyridine rings is 1. The van der Waals surface area contributed by atoms with Gasteiger partial charge in [0.15, 0.2) is 0 Å². The van der Waals surface area contributed by atoms with Crippen molar-refractivity contribution >= 4 is 32.8 Å². The molecule has 0 aliphatic heterocycles. The number of benzene rings is 3. The van der Waals surface area contributed by atoms with Crippen LogP contribution < -0.4 is 0 Å². The topological polar surface area (TPSA) is 51.8 Å². The van der Waals surface area contributed by atoms with Crippen LogP contribution in [0.1, 0.15) is 5.56 Å². The molecule has 3 aromatic heterocycles. The zero-order valence-electron chi connectivity index (χ0n) is 16.3. The van der Waals surface area contributed by atoms with Gasteiger partial charge in [0.25, 0.3) is 0 Å². The molecule has 0 aliphatic rings. The molecule has 0 saturated carbocycles. The van der Waals surface area contributed by atoms with E-state index in [1.807, 2.05) is 36.4 Å². The van der Waals surface area contributed by atoms with Crippen LogP contribution >= 0.6 is 0 Å². The van der Waals surface area contributed by atoms with Crippen LogP contribution in [0.15, 0.2) is 89.7 Å². The molecule has 0 aliphatic carbocycles. The second kappa shape index (κ2) is 6.49. The maximum atomic E-state index is 6.26. The lowest BCUT2D eigenvalue weighted by atomic mass is 9.99. The lowest BCUT2D eigenvalue weighted by molar-refractivity contribution is 0.670. The van der Waals surface area contributed by atoms with Gasteiger partial charge in [0.1, 0.15) is 17.5 Å². The highest BCUT2D eigenvalue weighted by Gasteiger charge is 2.16. The Balaban J connectivity index is 1.62. The zero-order valence-corrected chi connectivity index (χ0v) is 16.3. The van der Waals surface area contributed by atoms with E-state index >= 15 is 0 Å². The Morgan fingerprint density at radius 2 is 1.63 bits per heavy atom. The van der Waals surface area contributed by atoms with E-state index in [-0.39, 0.29) is 0 Å². The molecule has 30 heavy (non-hydrogen) atoms. The predicted molar refractivity (Wildman–Crippen MR) is 120 cm³/mol. The molecule has 4 heteroatoms. The van der Waals surface area contributed by atoms with E-state index in [9.17, 15) is 0 Å². The molecule has 6 aromatic rings. The van der Waals surface area contributed by atoms with Crippen LogP contribution in [-0.2, 0) is 0 Å². The molecule has 0 saturated heterocycles. The average molecular weight is 387 g/mol. The monoisotopic (exact) mass is 387 g/mol. The number of furan rings is 1. The number of hydrogen-bond donors (Lipinski definition) is 0. The highest BCUT2D eigenvalue weighted by molar-refractivity contribution is 6.11. The Morgan fingerprint density at radius 3 is 2.53 bits per heavy atom. The van der Waals surface area contributed by atoms with Crippen molar-refractivity contribution < 1.29 is 4.42 Å². The molecule has 6 rings (SSSR count). The quantitative estimate of drug-likeness (QED) is 0.337. The number of rotatable bonds is 2. The predicted octanol–water partition coefficient (Wildman–Crippen LogP) is 6.57. The first-order valence-electron chi connectivity index (χ1n) is 9.86. The number of para-hydroxylation sites is 1. The lowest BCUT2D eigenvalue weighted by Gasteiger charge is -2.09. The Kier molecular flexibility index (Phi) is 3.65. The van der Waals surface area contributed by atoms with Gasteiger partial charge in [-0.1, -0.05) is 30.3 Å². The van der Waals surface area contributed by atoms with Crippen molar-refractivity contribution in [3.8, 4) is 22.5 Å². The Morgan fingerprint density at radius 1 is 0.733 bits per heavy atom. The van der Waals surface area contributed by atoms with Crippen molar-refractivity contribution in [1.82, 2.24) is 15.0 Å². The molecule has 0 radical (unpaired) electrons. The van der Waals surface area contributed by atoms with E-state index in [2.05, 4.69) is 58.3 Å². The molecule has 0 unspecified atom stereocenters. The van der Waals surface area contributed by atoms with Gasteiger partial charge in [-0.05, 0) is 55.0 Å². The summed E-state index contributed by atoms with van der Waals surface area (Å²) < 4.78 is 6.26. The molecule has 0 fully saturated rings. The highest BCUT2D eigenvalue weighted by atomic mass is 16.3. The van der Waals surface area contributed by atoms with E-state index in [1.54, 1.807) is 12.5 Å². The van der Waals surface area contributed by atoms with Crippen LogP contribution in [-0.4, -0.2) is 15.0 Å². The van der Waals surface area contributed by atoms with Gasteiger partial charge in [0.05, 0.1) is 16.9 Å². The van der Waals surface area contributed by atoms with Crippen molar-refractivity contribution in [1.29, 1.82) is 0 Å². The van der Waals surface area contributed by atoms with E-state index < -0.39 is 0 Å². The summed E-state index contributed by atoms with van der Waals surface area (Å²) in [5.74, 6) is 0. The number of nitrogens with zero attached hydrogens (tertiary/aromatic N) is 3. The number of aryl methyl sites for hydroxylation is 1. The smallest absolute Gasteiger partial charge is 0.144 e. The number of aromatic nitrogens is 3. The van der Waals surface area contributed by atoms with E-state index in [1.165, 1.54) is 5.56 Å². The molecular weight excluding hydrogens is 370 g/mol. The summed E-state index contributed by atoms with van der Waals surface area (Å²) in [6.45, 7) is 2.10. The third kappa shape index (κ3) is 2.58. The molecule has 3 heterocycles. The Hall–Kier alpha value is -4.05. The van der Waals surface area contributed by atoms with Gasteiger partial charge in [-0.2, -0.15) is 0 Å². The van der Waals surface area contributed by atoms with Crippen LogP contribution in [0.4, 0.5) is 0 Å². The third-order valence-electron chi connectivity index (χ3n) is 5.47. The van der Waals surface area contributed by atoms with Crippen molar-refractivity contribution in [2.75, 3.05) is 0 Å². The fourth-order valence-electron chi connectivity index (χ4n) is 4.11. The van der Waals surface area contributed by atoms with Gasteiger partial charge < -0.3 is 4.42 Å². The lowest BCUT2D eigenvalue weighted by Crippen LogP contribution is -1.91. The fourth-order valence-corrected chi connectivity index (χ4v) is 4.11. The van der Waals surface area contributed by atoms with Gasteiger partial charge >= 0.3 is 0 Å². The van der Waals surface area contributed by atoms with Gasteiger partial charge in [-0.3, -0.25) is 4.98 Å². The van der Waals surface area contributed by atoms with Gasteiger partial charge in [0.2, 0.25) is 0 Å².